The van der Waals surface area contributed by atoms with Gasteiger partial charge in [0.25, 0.3) is 0 Å². The van der Waals surface area contributed by atoms with Crippen molar-refractivity contribution >= 4 is 51.5 Å². The highest BCUT2D eigenvalue weighted by atomic mass is 127. The van der Waals surface area contributed by atoms with Gasteiger partial charge < -0.3 is 0 Å². The van der Waals surface area contributed by atoms with Crippen LogP contribution in [0.1, 0.15) is 32.1 Å². The second-order valence-electron chi connectivity index (χ2n) is 3.14. The van der Waals surface area contributed by atoms with Crippen LogP contribution < -0.4 is 11.3 Å². The number of rotatable bonds is 5. The molecule has 1 heterocycles. The second-order valence-corrected chi connectivity index (χ2v) is 5.93. The molecule has 6 heteroatoms. The molecule has 84 valence electrons. The summed E-state index contributed by atoms with van der Waals surface area (Å²) in [6.45, 7) is 0. The zero-order valence-corrected chi connectivity index (χ0v) is 12.0. The molecule has 1 amide bonds. The molecule has 14 heavy (non-hydrogen) atoms. The number of nitrogens with two attached hydrogens (primary N) is 1. The van der Waals surface area contributed by atoms with E-state index in [1.165, 1.54) is 18.6 Å². The fourth-order valence-corrected chi connectivity index (χ4v) is 4.32. The third kappa shape index (κ3) is 6.36. The molecular formula is C8H17IN2OS2. The third-order valence-electron chi connectivity index (χ3n) is 2.07. The van der Waals surface area contributed by atoms with Crippen molar-refractivity contribution in [2.45, 2.75) is 37.4 Å². The van der Waals surface area contributed by atoms with E-state index in [1.807, 2.05) is 21.6 Å². The molecule has 1 rings (SSSR count). The maximum atomic E-state index is 10.8. The van der Waals surface area contributed by atoms with Crippen LogP contribution in [0.3, 0.4) is 0 Å². The molecule has 1 fully saturated rings. The van der Waals surface area contributed by atoms with E-state index in [4.69, 9.17) is 5.84 Å². The number of carbonyl (C=O) groups is 1. The number of halogens is 1. The molecule has 3 nitrogen and oxygen atoms in total. The largest absolute Gasteiger partial charge is 0.294 e. The van der Waals surface area contributed by atoms with Crippen LogP contribution >= 0.6 is 45.6 Å². The van der Waals surface area contributed by atoms with E-state index < -0.39 is 0 Å². The highest BCUT2D eigenvalue weighted by molar-refractivity contribution is 14.0. The van der Waals surface area contributed by atoms with E-state index in [0.717, 1.165) is 18.1 Å². The third-order valence-corrected chi connectivity index (χ3v) is 5.07. The Morgan fingerprint density at radius 3 is 2.86 bits per heavy atom. The Morgan fingerprint density at radius 2 is 2.29 bits per heavy atom. The summed E-state index contributed by atoms with van der Waals surface area (Å²) >= 11 is 0. The van der Waals surface area contributed by atoms with Gasteiger partial charge in [0.05, 0.1) is 0 Å². The van der Waals surface area contributed by atoms with Gasteiger partial charge in [-0.05, 0) is 19.3 Å². The van der Waals surface area contributed by atoms with Gasteiger partial charge in [-0.15, -0.1) is 24.0 Å². The van der Waals surface area contributed by atoms with Gasteiger partial charge in [0, 0.05) is 17.4 Å². The van der Waals surface area contributed by atoms with E-state index in [2.05, 4.69) is 5.43 Å². The summed E-state index contributed by atoms with van der Waals surface area (Å²) in [7, 11) is 3.97. The van der Waals surface area contributed by atoms with E-state index in [0.29, 0.717) is 6.42 Å². The number of unbranched alkanes of at least 4 members (excludes halogenated alkanes) is 1. The average molecular weight is 348 g/mol. The summed E-state index contributed by atoms with van der Waals surface area (Å²) in [4.78, 5) is 10.8. The number of hydrogen-bond acceptors (Lipinski definition) is 4. The van der Waals surface area contributed by atoms with Crippen molar-refractivity contribution < 1.29 is 4.79 Å². The monoisotopic (exact) mass is 348 g/mol. The van der Waals surface area contributed by atoms with Gasteiger partial charge in [-0.2, -0.15) is 0 Å². The highest BCUT2D eigenvalue weighted by Gasteiger charge is 2.15. The summed E-state index contributed by atoms with van der Waals surface area (Å²) in [5.74, 6) is 6.21. The van der Waals surface area contributed by atoms with Gasteiger partial charge in [-0.25, -0.2) is 5.84 Å². The van der Waals surface area contributed by atoms with E-state index in [1.54, 1.807) is 0 Å². The minimum atomic E-state index is -0.0477. The highest BCUT2D eigenvalue weighted by Crippen LogP contribution is 2.39. The summed E-state index contributed by atoms with van der Waals surface area (Å²) in [6.07, 6.45) is 5.26. The van der Waals surface area contributed by atoms with Crippen molar-refractivity contribution in [3.63, 3.8) is 0 Å². The molecule has 0 aromatic heterocycles. The number of carbonyl (C=O) groups excluding carboxylic acids is 1. The molecule has 1 aliphatic heterocycles. The Bertz CT molecular complexity index is 165. The van der Waals surface area contributed by atoms with Gasteiger partial charge in [-0.1, -0.05) is 28.0 Å². The van der Waals surface area contributed by atoms with E-state index >= 15 is 0 Å². The first-order valence-corrected chi connectivity index (χ1v) is 6.99. The standard InChI is InChI=1S/C8H16N2OS2.HI/c9-10-8(11)4-2-1-3-7-5-6-12-13-7;/h7H,1-6,9H2,(H,10,11);1H. The fourth-order valence-electron chi connectivity index (χ4n) is 1.29. The number of hydrogen-bond donors (Lipinski definition) is 2. The van der Waals surface area contributed by atoms with Crippen molar-refractivity contribution in [2.75, 3.05) is 5.75 Å². The molecule has 0 saturated carbocycles. The SMILES string of the molecule is I.NNC(=O)CCCCC1CCSS1. The first-order chi connectivity index (χ1) is 6.33. The average Bonchev–Trinajstić information content (AvgIpc) is 2.64. The Morgan fingerprint density at radius 1 is 1.50 bits per heavy atom. The maximum absolute atomic E-state index is 10.8. The lowest BCUT2D eigenvalue weighted by Gasteiger charge is -2.05. The van der Waals surface area contributed by atoms with Crippen LogP contribution in [0.25, 0.3) is 0 Å². The zero-order chi connectivity index (χ0) is 9.52. The molecule has 0 radical (unpaired) electrons. The molecule has 0 aromatic rings. The summed E-state index contributed by atoms with van der Waals surface area (Å²) in [5.41, 5.74) is 2.15. The van der Waals surface area contributed by atoms with Crippen LogP contribution in [0.15, 0.2) is 0 Å². The van der Waals surface area contributed by atoms with Crippen LogP contribution in [0, 0.1) is 0 Å². The molecular weight excluding hydrogens is 331 g/mol. The topological polar surface area (TPSA) is 55.1 Å². The minimum absolute atomic E-state index is 0. The Labute approximate surface area is 110 Å². The van der Waals surface area contributed by atoms with Crippen LogP contribution in [0.4, 0.5) is 0 Å². The first kappa shape index (κ1) is 14.9. The van der Waals surface area contributed by atoms with Crippen molar-refractivity contribution in [1.29, 1.82) is 0 Å². The molecule has 0 aliphatic carbocycles. The number of nitrogens with one attached hydrogen (secondary N) is 1. The summed E-state index contributed by atoms with van der Waals surface area (Å²) < 4.78 is 0. The molecule has 1 saturated heterocycles. The van der Waals surface area contributed by atoms with Crippen LogP contribution in [-0.2, 0) is 4.79 Å². The first-order valence-electron chi connectivity index (χ1n) is 4.60. The molecule has 0 bridgehead atoms. The molecule has 3 N–H and O–H groups in total. The van der Waals surface area contributed by atoms with Crippen LogP contribution in [0.2, 0.25) is 0 Å². The molecule has 1 aliphatic rings. The van der Waals surface area contributed by atoms with E-state index in [-0.39, 0.29) is 29.9 Å². The quantitative estimate of drug-likeness (QED) is 0.200. The lowest BCUT2D eigenvalue weighted by Crippen LogP contribution is -2.29. The number of hydrazine groups is 1. The smallest absolute Gasteiger partial charge is 0.233 e. The Balaban J connectivity index is 0.00000169. The minimum Gasteiger partial charge on any atom is -0.294 e. The molecule has 0 aromatic carbocycles. The van der Waals surface area contributed by atoms with Crippen molar-refractivity contribution in [3.05, 3.63) is 0 Å². The van der Waals surface area contributed by atoms with Gasteiger partial charge in [0.15, 0.2) is 0 Å². The Hall–Kier alpha value is 0.860. The second kappa shape index (κ2) is 9.11. The van der Waals surface area contributed by atoms with Gasteiger partial charge >= 0.3 is 0 Å². The van der Waals surface area contributed by atoms with Crippen LogP contribution in [-0.4, -0.2) is 16.9 Å². The van der Waals surface area contributed by atoms with Crippen molar-refractivity contribution in [3.8, 4) is 0 Å². The lowest BCUT2D eigenvalue weighted by molar-refractivity contribution is -0.121. The predicted octanol–water partition coefficient (Wildman–Crippen LogP) is 2.31. The van der Waals surface area contributed by atoms with Gasteiger partial charge in [-0.3, -0.25) is 10.2 Å². The maximum Gasteiger partial charge on any atom is 0.233 e. The molecule has 0 spiro atoms. The molecule has 1 unspecified atom stereocenters. The van der Waals surface area contributed by atoms with Gasteiger partial charge in [0.2, 0.25) is 5.91 Å². The van der Waals surface area contributed by atoms with Gasteiger partial charge in [0.1, 0.15) is 0 Å². The van der Waals surface area contributed by atoms with E-state index in [9.17, 15) is 4.79 Å². The normalized spacial score (nSPS) is 20.2. The van der Waals surface area contributed by atoms with Crippen molar-refractivity contribution in [2.24, 2.45) is 5.84 Å². The zero-order valence-electron chi connectivity index (χ0n) is 8.03. The lowest BCUT2D eigenvalue weighted by atomic mass is 10.1. The fraction of sp³-hybridized carbons (Fsp3) is 0.875. The van der Waals surface area contributed by atoms with Crippen LogP contribution in [0.5, 0.6) is 0 Å². The summed E-state index contributed by atoms with van der Waals surface area (Å²) in [5, 5.41) is 0.825. The van der Waals surface area contributed by atoms with Crippen molar-refractivity contribution in [1.82, 2.24) is 5.43 Å². The summed E-state index contributed by atoms with van der Waals surface area (Å²) in [6, 6.07) is 0. The predicted molar refractivity (Wildman–Crippen MR) is 74.7 cm³/mol. The molecule has 1 atom stereocenters. The Kier molecular flexibility index (Phi) is 9.67. The number of amides is 1.